The average molecular weight is 603 g/mol. The average Bonchev–Trinajstić information content (AvgIpc) is 2.79. The number of alkyl carbamates (subject to hydrolysis) is 1. The quantitative estimate of drug-likeness (QED) is 0.358. The van der Waals surface area contributed by atoms with Crippen molar-refractivity contribution in [1.82, 2.24) is 15.2 Å². The molecule has 0 spiro atoms. The van der Waals surface area contributed by atoms with E-state index in [0.717, 1.165) is 31.1 Å². The fraction of sp³-hybridized carbons (Fsp3) is 0.370. The van der Waals surface area contributed by atoms with Gasteiger partial charge in [-0.1, -0.05) is 53.2 Å². The maximum atomic E-state index is 13.8. The van der Waals surface area contributed by atoms with Gasteiger partial charge in [0.15, 0.2) is 0 Å². The smallest absolute Gasteiger partial charge is 0.407 e. The lowest BCUT2D eigenvalue weighted by atomic mass is 9.93. The van der Waals surface area contributed by atoms with E-state index >= 15 is 0 Å². The Morgan fingerprint density at radius 3 is 2.49 bits per heavy atom. The third kappa shape index (κ3) is 6.04. The number of pyridine rings is 1. The van der Waals surface area contributed by atoms with Crippen LogP contribution >= 0.6 is 31.9 Å². The fourth-order valence-electron chi connectivity index (χ4n) is 4.36. The first-order chi connectivity index (χ1) is 16.5. The number of aromatic nitrogens is 1. The van der Waals surface area contributed by atoms with Crippen LogP contribution in [0.15, 0.2) is 57.5 Å². The summed E-state index contributed by atoms with van der Waals surface area (Å²) in [5, 5.41) is 3.77. The van der Waals surface area contributed by atoms with Crippen LogP contribution < -0.4 is 5.32 Å². The molecule has 2 aromatic carbocycles. The summed E-state index contributed by atoms with van der Waals surface area (Å²) >= 11 is 7.18. The highest BCUT2D eigenvalue weighted by atomic mass is 79.9. The Labute approximate surface area is 222 Å². The van der Waals surface area contributed by atoms with Crippen molar-refractivity contribution in [3.8, 4) is 11.3 Å². The Balaban J connectivity index is 1.62. The second kappa shape index (κ2) is 10.3. The highest BCUT2D eigenvalue weighted by Gasteiger charge is 2.32. The Morgan fingerprint density at radius 1 is 1.11 bits per heavy atom. The van der Waals surface area contributed by atoms with Crippen molar-refractivity contribution >= 4 is 54.8 Å². The second-order valence-electron chi connectivity index (χ2n) is 9.97. The second-order valence-corrected chi connectivity index (χ2v) is 11.7. The molecule has 4 rings (SSSR count). The highest BCUT2D eigenvalue weighted by molar-refractivity contribution is 9.11. The molecule has 0 saturated carbocycles. The van der Waals surface area contributed by atoms with Gasteiger partial charge in [0.25, 0.3) is 5.91 Å². The first-order valence-corrected chi connectivity index (χ1v) is 13.2. The molecule has 1 fully saturated rings. The molecule has 1 aromatic heterocycles. The van der Waals surface area contributed by atoms with E-state index in [1.54, 1.807) is 0 Å². The summed E-state index contributed by atoms with van der Waals surface area (Å²) in [6, 6.07) is 15.6. The van der Waals surface area contributed by atoms with E-state index in [0.29, 0.717) is 25.1 Å². The molecule has 3 aromatic rings. The minimum Gasteiger partial charge on any atom is -0.444 e. The van der Waals surface area contributed by atoms with Gasteiger partial charge in [-0.05, 0) is 67.2 Å². The molecule has 184 valence electrons. The summed E-state index contributed by atoms with van der Waals surface area (Å²) in [6.45, 7) is 8.67. The van der Waals surface area contributed by atoms with Gasteiger partial charge in [-0.2, -0.15) is 0 Å². The number of fused-ring (bicyclic) bond motifs is 1. The van der Waals surface area contributed by atoms with Crippen molar-refractivity contribution in [1.29, 1.82) is 0 Å². The third-order valence-electron chi connectivity index (χ3n) is 6.03. The van der Waals surface area contributed by atoms with Crippen molar-refractivity contribution in [2.24, 2.45) is 5.92 Å². The number of carbonyl (C=O) groups excluding carboxylic acids is 2. The summed E-state index contributed by atoms with van der Waals surface area (Å²) in [5.74, 6) is 0.0440. The Hall–Kier alpha value is -2.45. The molecule has 1 N–H and O–H groups in total. The minimum atomic E-state index is -0.550. The largest absolute Gasteiger partial charge is 0.444 e. The molecular weight excluding hydrogens is 574 g/mol. The van der Waals surface area contributed by atoms with Crippen molar-refractivity contribution < 1.29 is 14.3 Å². The number of nitrogens with zero attached hydrogens (tertiary/aromatic N) is 2. The molecule has 2 heterocycles. The van der Waals surface area contributed by atoms with Crippen LogP contribution in [0.3, 0.4) is 0 Å². The molecule has 2 atom stereocenters. The van der Waals surface area contributed by atoms with Crippen LogP contribution in [-0.4, -0.2) is 46.6 Å². The molecule has 1 saturated heterocycles. The van der Waals surface area contributed by atoms with Gasteiger partial charge in [-0.25, -0.2) is 9.78 Å². The summed E-state index contributed by atoms with van der Waals surface area (Å²) in [5.41, 5.74) is 2.51. The van der Waals surface area contributed by atoms with Gasteiger partial charge in [-0.15, -0.1) is 0 Å². The molecule has 0 radical (unpaired) electrons. The predicted molar refractivity (Wildman–Crippen MR) is 145 cm³/mol. The number of carbonyl (C=O) groups is 2. The van der Waals surface area contributed by atoms with Crippen molar-refractivity contribution in [3.05, 3.63) is 63.0 Å². The molecule has 1 aliphatic rings. The first-order valence-electron chi connectivity index (χ1n) is 11.7. The van der Waals surface area contributed by atoms with E-state index in [1.165, 1.54) is 0 Å². The van der Waals surface area contributed by atoms with E-state index in [9.17, 15) is 9.59 Å². The van der Waals surface area contributed by atoms with Gasteiger partial charge in [0.2, 0.25) is 0 Å². The summed E-state index contributed by atoms with van der Waals surface area (Å²) in [6.07, 6.45) is 0.241. The molecule has 0 bridgehead atoms. The number of likely N-dealkylation sites (tertiary alicyclic amines) is 1. The SMILES string of the molecule is CC1CN(C(=O)c2cc(-c3ccccc3)nc3c(Br)cc(Br)cc23)CCC1NC(=O)OC(C)(C)C. The van der Waals surface area contributed by atoms with Gasteiger partial charge in [0.1, 0.15) is 5.60 Å². The van der Waals surface area contributed by atoms with Crippen molar-refractivity contribution in [2.45, 2.75) is 45.8 Å². The molecule has 6 nitrogen and oxygen atoms in total. The maximum Gasteiger partial charge on any atom is 0.407 e. The number of nitrogens with one attached hydrogen (secondary N) is 1. The fourth-order valence-corrected chi connectivity index (χ4v) is 5.67. The lowest BCUT2D eigenvalue weighted by Gasteiger charge is -2.37. The molecule has 8 heteroatoms. The maximum absolute atomic E-state index is 13.8. The number of hydrogen-bond acceptors (Lipinski definition) is 4. The van der Waals surface area contributed by atoms with Gasteiger partial charge >= 0.3 is 6.09 Å². The molecular formula is C27H29Br2N3O3. The zero-order valence-corrected chi connectivity index (χ0v) is 23.4. The molecule has 2 amide bonds. The van der Waals surface area contributed by atoms with Crippen LogP contribution in [0.1, 0.15) is 44.5 Å². The normalized spacial score (nSPS) is 18.4. The van der Waals surface area contributed by atoms with E-state index in [-0.39, 0.29) is 17.9 Å². The van der Waals surface area contributed by atoms with Crippen LogP contribution in [0.4, 0.5) is 4.79 Å². The first kappa shape index (κ1) is 25.6. The number of benzene rings is 2. The minimum absolute atomic E-state index is 0.0397. The van der Waals surface area contributed by atoms with E-state index < -0.39 is 11.7 Å². The number of ether oxygens (including phenoxy) is 1. The topological polar surface area (TPSA) is 71.5 Å². The highest BCUT2D eigenvalue weighted by Crippen LogP contribution is 2.33. The Bertz CT molecular complexity index is 1260. The van der Waals surface area contributed by atoms with Gasteiger partial charge in [0.05, 0.1) is 16.8 Å². The standard InChI is InChI=1S/C27H29Br2N3O3/c1-16-15-32(11-10-22(16)31-26(34)35-27(2,3)4)25(33)20-14-23(17-8-6-5-7-9-17)30-24-19(20)12-18(28)13-21(24)29/h5-9,12-14,16,22H,10-11,15H2,1-4H3,(H,31,34). The van der Waals surface area contributed by atoms with E-state index in [4.69, 9.17) is 9.72 Å². The molecule has 35 heavy (non-hydrogen) atoms. The van der Waals surface area contributed by atoms with Crippen LogP contribution in [0.5, 0.6) is 0 Å². The van der Waals surface area contributed by atoms with E-state index in [1.807, 2.05) is 74.2 Å². The number of rotatable bonds is 3. The number of halogens is 2. The zero-order valence-electron chi connectivity index (χ0n) is 20.3. The monoisotopic (exact) mass is 601 g/mol. The van der Waals surface area contributed by atoms with Gasteiger partial charge in [0, 0.05) is 39.0 Å². The zero-order chi connectivity index (χ0) is 25.3. The van der Waals surface area contributed by atoms with Gasteiger partial charge < -0.3 is 15.0 Å². The van der Waals surface area contributed by atoms with Crippen molar-refractivity contribution in [2.75, 3.05) is 13.1 Å². The Kier molecular flexibility index (Phi) is 7.52. The summed E-state index contributed by atoms with van der Waals surface area (Å²) in [4.78, 5) is 32.8. The van der Waals surface area contributed by atoms with Crippen LogP contribution in [0, 0.1) is 5.92 Å². The van der Waals surface area contributed by atoms with Crippen LogP contribution in [0.2, 0.25) is 0 Å². The number of piperidine rings is 1. The number of hydrogen-bond donors (Lipinski definition) is 1. The third-order valence-corrected chi connectivity index (χ3v) is 7.09. The van der Waals surface area contributed by atoms with E-state index in [2.05, 4.69) is 44.1 Å². The van der Waals surface area contributed by atoms with Crippen LogP contribution in [-0.2, 0) is 4.74 Å². The summed E-state index contributed by atoms with van der Waals surface area (Å²) < 4.78 is 7.10. The van der Waals surface area contributed by atoms with Crippen molar-refractivity contribution in [3.63, 3.8) is 0 Å². The Morgan fingerprint density at radius 2 is 1.83 bits per heavy atom. The molecule has 2 unspecified atom stereocenters. The lowest BCUT2D eigenvalue weighted by molar-refractivity contribution is 0.0431. The summed E-state index contributed by atoms with van der Waals surface area (Å²) in [7, 11) is 0. The number of amides is 2. The lowest BCUT2D eigenvalue weighted by Crippen LogP contribution is -2.52. The molecule has 0 aliphatic carbocycles. The van der Waals surface area contributed by atoms with Crippen LogP contribution in [0.25, 0.3) is 22.2 Å². The predicted octanol–water partition coefficient (Wildman–Crippen LogP) is 6.80. The molecule has 1 aliphatic heterocycles. The van der Waals surface area contributed by atoms with Gasteiger partial charge in [-0.3, -0.25) is 4.79 Å².